The third kappa shape index (κ3) is 7.39. The molecule has 2 N–H and O–H groups in total. The highest BCUT2D eigenvalue weighted by molar-refractivity contribution is 5.49. The van der Waals surface area contributed by atoms with Gasteiger partial charge in [0.25, 0.3) is 0 Å². The predicted molar refractivity (Wildman–Crippen MR) is 116 cm³/mol. The molecule has 2 heteroatoms. The van der Waals surface area contributed by atoms with E-state index in [2.05, 4.69) is 27.7 Å². The summed E-state index contributed by atoms with van der Waals surface area (Å²) in [5.74, 6) is 0.148. The summed E-state index contributed by atoms with van der Waals surface area (Å²) in [5, 5.41) is 20.3. The van der Waals surface area contributed by atoms with Crippen LogP contribution in [0.15, 0.2) is 12.1 Å². The van der Waals surface area contributed by atoms with Crippen LogP contribution in [0.4, 0.5) is 0 Å². The number of phenols is 2. The monoisotopic (exact) mass is 374 g/mol. The van der Waals surface area contributed by atoms with Gasteiger partial charge in [0.2, 0.25) is 0 Å². The average Bonchev–Trinajstić information content (AvgIpc) is 3.36. The van der Waals surface area contributed by atoms with Gasteiger partial charge in [0.05, 0.1) is 0 Å². The maximum absolute atomic E-state index is 10.4. The van der Waals surface area contributed by atoms with Crippen molar-refractivity contribution in [2.45, 2.75) is 111 Å². The largest absolute Gasteiger partial charge is 0.504 e. The van der Waals surface area contributed by atoms with Crippen molar-refractivity contribution in [1.29, 1.82) is 0 Å². The molecule has 0 unspecified atom stereocenters. The second-order valence-corrected chi connectivity index (χ2v) is 10.0. The minimum absolute atomic E-state index is 0.0301. The minimum atomic E-state index is 0.0301. The molecule has 1 saturated carbocycles. The van der Waals surface area contributed by atoms with Crippen molar-refractivity contribution in [2.75, 3.05) is 0 Å². The van der Waals surface area contributed by atoms with Crippen LogP contribution in [0.3, 0.4) is 0 Å². The van der Waals surface area contributed by atoms with Gasteiger partial charge in [-0.1, -0.05) is 65.9 Å². The van der Waals surface area contributed by atoms with Gasteiger partial charge in [-0.3, -0.25) is 0 Å². The van der Waals surface area contributed by atoms with E-state index in [4.69, 9.17) is 0 Å². The first-order chi connectivity index (χ1) is 12.8. The van der Waals surface area contributed by atoms with E-state index in [1.165, 1.54) is 69.8 Å². The van der Waals surface area contributed by atoms with E-state index in [0.29, 0.717) is 10.8 Å². The molecular formula is C25H42O2. The molecule has 0 spiro atoms. The van der Waals surface area contributed by atoms with Crippen LogP contribution in [0.1, 0.15) is 109 Å². The Morgan fingerprint density at radius 2 is 1.59 bits per heavy atom. The van der Waals surface area contributed by atoms with Gasteiger partial charge < -0.3 is 10.2 Å². The first kappa shape index (κ1) is 22.1. The van der Waals surface area contributed by atoms with E-state index in [-0.39, 0.29) is 11.5 Å². The zero-order valence-corrected chi connectivity index (χ0v) is 18.2. The molecule has 0 saturated heterocycles. The number of rotatable bonds is 13. The number of hydrogen-bond donors (Lipinski definition) is 2. The van der Waals surface area contributed by atoms with Crippen LogP contribution in [-0.4, -0.2) is 10.2 Å². The summed E-state index contributed by atoms with van der Waals surface area (Å²) in [6.07, 6.45) is 15.9. The van der Waals surface area contributed by atoms with Gasteiger partial charge >= 0.3 is 0 Å². The molecule has 1 aromatic carbocycles. The van der Waals surface area contributed by atoms with Gasteiger partial charge in [-0.2, -0.15) is 0 Å². The number of aryl methyl sites for hydroxylation is 1. The summed E-state index contributed by atoms with van der Waals surface area (Å²) >= 11 is 0. The molecule has 154 valence electrons. The standard InChI is InChI=1S/C25H42O2/c1-5-24(2,3)16-10-7-9-13-21-20(14-15-22(26)23(21)27)12-8-6-11-17-25(4)18-19-25/h14-15,26-27H,5-13,16-19H2,1-4H3. The van der Waals surface area contributed by atoms with Gasteiger partial charge in [0.15, 0.2) is 11.5 Å². The van der Waals surface area contributed by atoms with Gasteiger partial charge in [-0.25, -0.2) is 0 Å². The average molecular weight is 375 g/mol. The maximum Gasteiger partial charge on any atom is 0.160 e. The SMILES string of the molecule is CCC(C)(C)CCCCCc1c(CCCCCC2(C)CC2)ccc(O)c1O. The molecular weight excluding hydrogens is 332 g/mol. The summed E-state index contributed by atoms with van der Waals surface area (Å²) in [6, 6.07) is 3.68. The van der Waals surface area contributed by atoms with Crippen LogP contribution < -0.4 is 0 Å². The van der Waals surface area contributed by atoms with Gasteiger partial charge in [0, 0.05) is 5.56 Å². The second-order valence-electron chi connectivity index (χ2n) is 10.0. The molecule has 2 rings (SSSR count). The van der Waals surface area contributed by atoms with Crippen LogP contribution in [0.5, 0.6) is 11.5 Å². The van der Waals surface area contributed by atoms with Crippen molar-refractivity contribution >= 4 is 0 Å². The van der Waals surface area contributed by atoms with E-state index < -0.39 is 0 Å². The lowest BCUT2D eigenvalue weighted by Crippen LogP contribution is -2.08. The first-order valence-corrected chi connectivity index (χ1v) is 11.3. The van der Waals surface area contributed by atoms with Crippen molar-refractivity contribution in [2.24, 2.45) is 10.8 Å². The Morgan fingerprint density at radius 1 is 0.926 bits per heavy atom. The highest BCUT2D eigenvalue weighted by atomic mass is 16.3. The molecule has 0 aromatic heterocycles. The number of benzene rings is 1. The fourth-order valence-corrected chi connectivity index (χ4v) is 3.95. The van der Waals surface area contributed by atoms with Crippen LogP contribution >= 0.6 is 0 Å². The van der Waals surface area contributed by atoms with Crippen LogP contribution in [0.25, 0.3) is 0 Å². The Morgan fingerprint density at radius 3 is 2.26 bits per heavy atom. The zero-order chi connectivity index (χ0) is 19.9. The molecule has 27 heavy (non-hydrogen) atoms. The van der Waals surface area contributed by atoms with Crippen molar-refractivity contribution in [1.82, 2.24) is 0 Å². The summed E-state index contributed by atoms with van der Waals surface area (Å²) in [6.45, 7) is 9.36. The van der Waals surface area contributed by atoms with E-state index in [1.54, 1.807) is 6.07 Å². The molecule has 0 bridgehead atoms. The summed E-state index contributed by atoms with van der Waals surface area (Å²) in [5.41, 5.74) is 3.32. The van der Waals surface area contributed by atoms with E-state index >= 15 is 0 Å². The van der Waals surface area contributed by atoms with Crippen LogP contribution in [-0.2, 0) is 12.8 Å². The normalized spacial score (nSPS) is 15.9. The number of unbranched alkanes of at least 4 members (excludes halogenated alkanes) is 4. The first-order valence-electron chi connectivity index (χ1n) is 11.3. The van der Waals surface area contributed by atoms with Crippen LogP contribution in [0.2, 0.25) is 0 Å². The van der Waals surface area contributed by atoms with Crippen molar-refractivity contribution in [3.05, 3.63) is 23.3 Å². The van der Waals surface area contributed by atoms with Crippen LogP contribution in [0, 0.1) is 10.8 Å². The number of aromatic hydroxyl groups is 2. The fraction of sp³-hybridized carbons (Fsp3) is 0.760. The lowest BCUT2D eigenvalue weighted by molar-refractivity contribution is 0.308. The second kappa shape index (κ2) is 9.85. The Bertz CT molecular complexity index is 584. The topological polar surface area (TPSA) is 40.5 Å². The lowest BCUT2D eigenvalue weighted by atomic mass is 9.84. The van der Waals surface area contributed by atoms with Gasteiger partial charge in [-0.15, -0.1) is 0 Å². The van der Waals surface area contributed by atoms with E-state index in [9.17, 15) is 10.2 Å². The van der Waals surface area contributed by atoms with Gasteiger partial charge in [0.1, 0.15) is 0 Å². The molecule has 0 radical (unpaired) electrons. The molecule has 0 aliphatic heterocycles. The summed E-state index contributed by atoms with van der Waals surface area (Å²) < 4.78 is 0. The lowest BCUT2D eigenvalue weighted by Gasteiger charge is -2.22. The quantitative estimate of drug-likeness (QED) is 0.276. The minimum Gasteiger partial charge on any atom is -0.504 e. The van der Waals surface area contributed by atoms with Gasteiger partial charge in [-0.05, 0) is 73.8 Å². The highest BCUT2D eigenvalue weighted by Gasteiger charge is 2.35. The smallest absolute Gasteiger partial charge is 0.160 e. The molecule has 1 aliphatic rings. The molecule has 0 heterocycles. The van der Waals surface area contributed by atoms with E-state index in [1.807, 2.05) is 6.07 Å². The molecule has 1 aliphatic carbocycles. The summed E-state index contributed by atoms with van der Waals surface area (Å²) in [7, 11) is 0. The fourth-order valence-electron chi connectivity index (χ4n) is 3.95. The van der Waals surface area contributed by atoms with Crippen molar-refractivity contribution in [3.63, 3.8) is 0 Å². The Kier molecular flexibility index (Phi) is 8.06. The maximum atomic E-state index is 10.4. The molecule has 0 atom stereocenters. The number of hydrogen-bond acceptors (Lipinski definition) is 2. The molecule has 1 aromatic rings. The third-order valence-corrected chi connectivity index (χ3v) is 6.93. The Labute approximate surface area is 167 Å². The zero-order valence-electron chi connectivity index (χ0n) is 18.2. The summed E-state index contributed by atoms with van der Waals surface area (Å²) in [4.78, 5) is 0. The molecule has 1 fully saturated rings. The van der Waals surface area contributed by atoms with E-state index in [0.717, 1.165) is 24.8 Å². The highest BCUT2D eigenvalue weighted by Crippen LogP contribution is 2.49. The predicted octanol–water partition coefficient (Wildman–Crippen LogP) is 7.54. The molecule has 0 amide bonds. The van der Waals surface area contributed by atoms with Crippen molar-refractivity contribution in [3.8, 4) is 11.5 Å². The number of phenolic OH excluding ortho intramolecular Hbond substituents is 2. The third-order valence-electron chi connectivity index (χ3n) is 6.93. The Hall–Kier alpha value is -1.18. The Balaban J connectivity index is 1.78. The molecule has 2 nitrogen and oxygen atoms in total. The van der Waals surface area contributed by atoms with Crippen molar-refractivity contribution < 1.29 is 10.2 Å².